The smallest absolute Gasteiger partial charge is 0.122 e. The van der Waals surface area contributed by atoms with E-state index in [-0.39, 0.29) is 0 Å². The molecular formula is C21H30N4O2. The summed E-state index contributed by atoms with van der Waals surface area (Å²) < 4.78 is 13.1. The molecular weight excluding hydrogens is 340 g/mol. The second-order valence-corrected chi connectivity index (χ2v) is 7.77. The van der Waals surface area contributed by atoms with Crippen molar-refractivity contribution in [3.05, 3.63) is 41.7 Å². The Morgan fingerprint density at radius 2 is 1.74 bits per heavy atom. The van der Waals surface area contributed by atoms with Crippen LogP contribution in [0.3, 0.4) is 0 Å². The van der Waals surface area contributed by atoms with Crippen LogP contribution in [0.25, 0.3) is 0 Å². The predicted molar refractivity (Wildman–Crippen MR) is 105 cm³/mol. The molecule has 2 aromatic rings. The average molecular weight is 370 g/mol. The molecule has 1 unspecified atom stereocenters. The van der Waals surface area contributed by atoms with Gasteiger partial charge < -0.3 is 14.4 Å². The molecule has 146 valence electrons. The first-order valence-electron chi connectivity index (χ1n) is 9.91. The Bertz CT molecular complexity index is 732. The van der Waals surface area contributed by atoms with Crippen molar-refractivity contribution in [2.45, 2.75) is 32.5 Å². The molecule has 3 heterocycles. The molecule has 1 aromatic carbocycles. The van der Waals surface area contributed by atoms with Gasteiger partial charge in [0.1, 0.15) is 11.5 Å². The molecule has 2 aliphatic rings. The van der Waals surface area contributed by atoms with E-state index in [0.29, 0.717) is 5.92 Å². The molecule has 0 N–H and O–H groups in total. The minimum atomic E-state index is 0.594. The summed E-state index contributed by atoms with van der Waals surface area (Å²) in [6.07, 6.45) is 4.61. The standard InChI is InChI=1S/C21H30N4O2/c1-26-20-9-17(10-21(11-20)27-2)12-24-14-18(13-23-7-3-4-8-23)15-25-19(16-24)5-6-22-25/h5-6,9-11,18H,3-4,7-8,12-16H2,1-2H3. The van der Waals surface area contributed by atoms with E-state index in [2.05, 4.69) is 37.8 Å². The summed E-state index contributed by atoms with van der Waals surface area (Å²) in [4.78, 5) is 5.15. The van der Waals surface area contributed by atoms with Gasteiger partial charge >= 0.3 is 0 Å². The van der Waals surface area contributed by atoms with Gasteiger partial charge in [0.2, 0.25) is 0 Å². The van der Waals surface area contributed by atoms with Crippen LogP contribution in [-0.4, -0.2) is 60.0 Å². The van der Waals surface area contributed by atoms with Crippen LogP contribution in [-0.2, 0) is 19.6 Å². The van der Waals surface area contributed by atoms with Crippen LogP contribution >= 0.6 is 0 Å². The lowest BCUT2D eigenvalue weighted by Crippen LogP contribution is -2.35. The molecule has 1 saturated heterocycles. The van der Waals surface area contributed by atoms with Crippen LogP contribution in [0.2, 0.25) is 0 Å². The van der Waals surface area contributed by atoms with Crippen LogP contribution < -0.4 is 9.47 Å². The molecule has 27 heavy (non-hydrogen) atoms. The lowest BCUT2D eigenvalue weighted by molar-refractivity contribution is 0.182. The Kier molecular flexibility index (Phi) is 5.64. The molecule has 0 aliphatic carbocycles. The summed E-state index contributed by atoms with van der Waals surface area (Å²) in [7, 11) is 3.41. The predicted octanol–water partition coefficient (Wildman–Crippen LogP) is 2.63. The Hall–Kier alpha value is -2.05. The van der Waals surface area contributed by atoms with Gasteiger partial charge in [0, 0.05) is 50.9 Å². The first kappa shape index (κ1) is 18.3. The molecule has 6 heteroatoms. The molecule has 1 atom stereocenters. The topological polar surface area (TPSA) is 42.8 Å². The highest BCUT2D eigenvalue weighted by atomic mass is 16.5. The van der Waals surface area contributed by atoms with Crippen molar-refractivity contribution in [1.29, 1.82) is 0 Å². The fourth-order valence-electron chi connectivity index (χ4n) is 4.40. The Morgan fingerprint density at radius 1 is 1.00 bits per heavy atom. The van der Waals surface area contributed by atoms with Crippen LogP contribution in [0.5, 0.6) is 11.5 Å². The van der Waals surface area contributed by atoms with Crippen molar-refractivity contribution >= 4 is 0 Å². The first-order valence-corrected chi connectivity index (χ1v) is 9.91. The van der Waals surface area contributed by atoms with Crippen LogP contribution in [0.15, 0.2) is 30.5 Å². The zero-order valence-electron chi connectivity index (χ0n) is 16.4. The van der Waals surface area contributed by atoms with Crippen molar-refractivity contribution < 1.29 is 9.47 Å². The summed E-state index contributed by atoms with van der Waals surface area (Å²) in [5.41, 5.74) is 2.52. The number of aromatic nitrogens is 2. The van der Waals surface area contributed by atoms with Crippen molar-refractivity contribution in [1.82, 2.24) is 19.6 Å². The Morgan fingerprint density at radius 3 is 2.44 bits per heavy atom. The van der Waals surface area contributed by atoms with Gasteiger partial charge in [-0.1, -0.05) is 0 Å². The molecule has 0 saturated carbocycles. The Labute approximate surface area is 161 Å². The van der Waals surface area contributed by atoms with Crippen molar-refractivity contribution in [3.63, 3.8) is 0 Å². The molecule has 1 aromatic heterocycles. The lowest BCUT2D eigenvalue weighted by Gasteiger charge is -2.27. The molecule has 0 spiro atoms. The van der Waals surface area contributed by atoms with E-state index in [1.165, 1.54) is 37.2 Å². The summed E-state index contributed by atoms with van der Waals surface area (Å²) in [6.45, 7) is 7.56. The molecule has 4 rings (SSSR count). The summed E-state index contributed by atoms with van der Waals surface area (Å²) in [5.74, 6) is 2.28. The number of benzene rings is 1. The van der Waals surface area contributed by atoms with Gasteiger partial charge in [-0.3, -0.25) is 9.58 Å². The fraction of sp³-hybridized carbons (Fsp3) is 0.571. The maximum Gasteiger partial charge on any atom is 0.122 e. The van der Waals surface area contributed by atoms with Crippen molar-refractivity contribution in [2.24, 2.45) is 5.92 Å². The van der Waals surface area contributed by atoms with E-state index >= 15 is 0 Å². The lowest BCUT2D eigenvalue weighted by atomic mass is 10.1. The number of fused-ring (bicyclic) bond motifs is 1. The van der Waals surface area contributed by atoms with E-state index < -0.39 is 0 Å². The number of hydrogen-bond acceptors (Lipinski definition) is 5. The van der Waals surface area contributed by atoms with Gasteiger partial charge in [-0.25, -0.2) is 0 Å². The SMILES string of the molecule is COc1cc(CN2Cc3ccnn3CC(CN3CCCC3)C2)cc(OC)c1. The van der Waals surface area contributed by atoms with Gasteiger partial charge in [-0.15, -0.1) is 0 Å². The Balaban J connectivity index is 1.52. The fourth-order valence-corrected chi connectivity index (χ4v) is 4.40. The van der Waals surface area contributed by atoms with Crippen LogP contribution in [0.4, 0.5) is 0 Å². The molecule has 2 aliphatic heterocycles. The highest BCUT2D eigenvalue weighted by Crippen LogP contribution is 2.25. The molecule has 0 amide bonds. The number of ether oxygens (including phenoxy) is 2. The van der Waals surface area contributed by atoms with E-state index in [1.807, 2.05) is 12.3 Å². The zero-order valence-corrected chi connectivity index (χ0v) is 16.4. The van der Waals surface area contributed by atoms with Crippen LogP contribution in [0, 0.1) is 5.92 Å². The quantitative estimate of drug-likeness (QED) is 0.782. The van der Waals surface area contributed by atoms with E-state index in [1.54, 1.807) is 14.2 Å². The minimum Gasteiger partial charge on any atom is -0.497 e. The largest absolute Gasteiger partial charge is 0.497 e. The minimum absolute atomic E-state index is 0.594. The molecule has 0 radical (unpaired) electrons. The summed E-state index contributed by atoms with van der Waals surface area (Å²) >= 11 is 0. The maximum absolute atomic E-state index is 5.45. The van der Waals surface area contributed by atoms with Gasteiger partial charge in [-0.2, -0.15) is 5.10 Å². The average Bonchev–Trinajstić information content (AvgIpc) is 3.31. The van der Waals surface area contributed by atoms with E-state index in [0.717, 1.165) is 44.2 Å². The highest BCUT2D eigenvalue weighted by molar-refractivity contribution is 5.38. The monoisotopic (exact) mass is 370 g/mol. The van der Waals surface area contributed by atoms with Crippen molar-refractivity contribution in [2.75, 3.05) is 40.4 Å². The van der Waals surface area contributed by atoms with Gasteiger partial charge in [-0.05, 0) is 49.7 Å². The molecule has 1 fully saturated rings. The number of rotatable bonds is 6. The second-order valence-electron chi connectivity index (χ2n) is 7.77. The maximum atomic E-state index is 5.45. The highest BCUT2D eigenvalue weighted by Gasteiger charge is 2.25. The third-order valence-corrected chi connectivity index (χ3v) is 5.67. The van der Waals surface area contributed by atoms with E-state index in [9.17, 15) is 0 Å². The van der Waals surface area contributed by atoms with Gasteiger partial charge in [0.15, 0.2) is 0 Å². The normalized spacial score (nSPS) is 21.0. The van der Waals surface area contributed by atoms with Gasteiger partial charge in [0.25, 0.3) is 0 Å². The zero-order chi connectivity index (χ0) is 18.6. The van der Waals surface area contributed by atoms with E-state index in [4.69, 9.17) is 9.47 Å². The summed E-state index contributed by atoms with van der Waals surface area (Å²) in [5, 5.41) is 4.57. The molecule has 6 nitrogen and oxygen atoms in total. The third-order valence-electron chi connectivity index (χ3n) is 5.67. The number of methoxy groups -OCH3 is 2. The summed E-state index contributed by atoms with van der Waals surface area (Å²) in [6, 6.07) is 8.30. The van der Waals surface area contributed by atoms with Gasteiger partial charge in [0.05, 0.1) is 19.9 Å². The number of hydrogen-bond donors (Lipinski definition) is 0. The van der Waals surface area contributed by atoms with Crippen molar-refractivity contribution in [3.8, 4) is 11.5 Å². The third kappa shape index (κ3) is 4.45. The first-order chi connectivity index (χ1) is 13.2. The second kappa shape index (κ2) is 8.31. The van der Waals surface area contributed by atoms with Crippen LogP contribution in [0.1, 0.15) is 24.1 Å². The number of nitrogens with zero attached hydrogens (tertiary/aromatic N) is 4. The number of likely N-dealkylation sites (tertiary alicyclic amines) is 1. The molecule has 0 bridgehead atoms.